The third kappa shape index (κ3) is 2.91. The Balaban J connectivity index is 2.25. The third-order valence-electron chi connectivity index (χ3n) is 1.68. The molecule has 0 aliphatic carbocycles. The first-order valence-corrected chi connectivity index (χ1v) is 5.52. The Labute approximate surface area is 96.9 Å². The van der Waals surface area contributed by atoms with Crippen LogP contribution >= 0.6 is 23.4 Å². The maximum atomic E-state index is 5.77. The lowest BCUT2D eigenvalue weighted by Crippen LogP contribution is -1.88. The van der Waals surface area contributed by atoms with E-state index < -0.39 is 0 Å². The maximum Gasteiger partial charge on any atom is 0.223 e. The molecular weight excluding hydrogens is 230 g/mol. The largest absolute Gasteiger partial charge is 0.265 e. The topological polar surface area (TPSA) is 38.7 Å². The number of pyridine rings is 1. The van der Waals surface area contributed by atoms with Crippen molar-refractivity contribution in [3.8, 4) is 0 Å². The number of halogens is 1. The van der Waals surface area contributed by atoms with Crippen LogP contribution in [0.3, 0.4) is 0 Å². The molecule has 2 rings (SSSR count). The lowest BCUT2D eigenvalue weighted by atomic mass is 10.5. The number of rotatable bonds is 2. The molecule has 0 atom stereocenters. The average Bonchev–Trinajstić information content (AvgIpc) is 2.17. The predicted octanol–water partition coefficient (Wildman–Crippen LogP) is 2.98. The lowest BCUT2D eigenvalue weighted by Gasteiger charge is -2.01. The summed E-state index contributed by atoms with van der Waals surface area (Å²) < 4.78 is 0. The number of hydrogen-bond acceptors (Lipinski definition) is 4. The number of aromatic nitrogens is 3. The van der Waals surface area contributed by atoms with E-state index in [0.717, 1.165) is 15.6 Å². The quantitative estimate of drug-likeness (QED) is 0.595. The first-order chi connectivity index (χ1) is 7.24. The predicted molar refractivity (Wildman–Crippen MR) is 60.1 cm³/mol. The van der Waals surface area contributed by atoms with Gasteiger partial charge in [0.05, 0.1) is 0 Å². The van der Waals surface area contributed by atoms with E-state index in [1.54, 1.807) is 24.2 Å². The smallest absolute Gasteiger partial charge is 0.223 e. The highest BCUT2D eigenvalue weighted by molar-refractivity contribution is 7.99. The van der Waals surface area contributed by atoms with Crippen LogP contribution in [-0.2, 0) is 0 Å². The molecule has 0 N–H and O–H groups in total. The minimum absolute atomic E-state index is 0.284. The van der Waals surface area contributed by atoms with Crippen LogP contribution < -0.4 is 0 Å². The van der Waals surface area contributed by atoms with E-state index in [4.69, 9.17) is 11.6 Å². The first kappa shape index (κ1) is 10.4. The second-order valence-corrected chi connectivity index (χ2v) is 4.33. The lowest BCUT2D eigenvalue weighted by molar-refractivity contribution is 1.01. The third-order valence-corrected chi connectivity index (χ3v) is 2.77. The molecule has 0 aliphatic heterocycles. The van der Waals surface area contributed by atoms with Crippen LogP contribution in [0, 0.1) is 6.92 Å². The van der Waals surface area contributed by atoms with Gasteiger partial charge in [0.2, 0.25) is 5.28 Å². The molecule has 0 spiro atoms. The van der Waals surface area contributed by atoms with Gasteiger partial charge in [-0.3, -0.25) is 4.98 Å². The van der Waals surface area contributed by atoms with Gasteiger partial charge in [-0.05, 0) is 36.7 Å². The second-order valence-electron chi connectivity index (χ2n) is 2.90. The van der Waals surface area contributed by atoms with Gasteiger partial charge in [0.1, 0.15) is 5.03 Å². The molecule has 2 aromatic heterocycles. The van der Waals surface area contributed by atoms with E-state index in [0.29, 0.717) is 0 Å². The molecule has 15 heavy (non-hydrogen) atoms. The molecule has 0 saturated heterocycles. The number of nitrogens with zero attached hydrogens (tertiary/aromatic N) is 3. The molecule has 0 bridgehead atoms. The summed E-state index contributed by atoms with van der Waals surface area (Å²) in [5.41, 5.74) is 0.867. The Bertz CT molecular complexity index is 441. The van der Waals surface area contributed by atoms with Crippen LogP contribution in [0.15, 0.2) is 40.5 Å². The van der Waals surface area contributed by atoms with E-state index in [-0.39, 0.29) is 5.28 Å². The molecule has 76 valence electrons. The van der Waals surface area contributed by atoms with Gasteiger partial charge in [-0.15, -0.1) is 0 Å². The monoisotopic (exact) mass is 237 g/mol. The normalized spacial score (nSPS) is 10.3. The second kappa shape index (κ2) is 4.59. The van der Waals surface area contributed by atoms with Gasteiger partial charge in [0.25, 0.3) is 0 Å². The minimum atomic E-state index is 0.284. The van der Waals surface area contributed by atoms with Gasteiger partial charge in [0, 0.05) is 23.0 Å². The SMILES string of the molecule is Cc1cc(Sc2ccncc2)nc(Cl)n1. The minimum Gasteiger partial charge on any atom is -0.265 e. The van der Waals surface area contributed by atoms with Gasteiger partial charge in [-0.2, -0.15) is 0 Å². The molecule has 5 heteroatoms. The van der Waals surface area contributed by atoms with Crippen molar-refractivity contribution in [1.29, 1.82) is 0 Å². The summed E-state index contributed by atoms with van der Waals surface area (Å²) in [5, 5.41) is 1.13. The Morgan fingerprint density at radius 1 is 1.20 bits per heavy atom. The summed E-state index contributed by atoms with van der Waals surface area (Å²) in [6.45, 7) is 1.89. The summed E-state index contributed by atoms with van der Waals surface area (Å²) in [4.78, 5) is 13.2. The maximum absolute atomic E-state index is 5.77. The fourth-order valence-corrected chi connectivity index (χ4v) is 2.22. The van der Waals surface area contributed by atoms with Crippen LogP contribution in [0.5, 0.6) is 0 Å². The van der Waals surface area contributed by atoms with E-state index in [2.05, 4.69) is 15.0 Å². The Morgan fingerprint density at radius 2 is 1.93 bits per heavy atom. The molecule has 0 radical (unpaired) electrons. The zero-order valence-electron chi connectivity index (χ0n) is 8.01. The summed E-state index contributed by atoms with van der Waals surface area (Å²) >= 11 is 7.31. The van der Waals surface area contributed by atoms with Gasteiger partial charge in [-0.1, -0.05) is 11.8 Å². The molecule has 0 aromatic carbocycles. The van der Waals surface area contributed by atoms with E-state index in [1.807, 2.05) is 25.1 Å². The molecule has 0 amide bonds. The average molecular weight is 238 g/mol. The Morgan fingerprint density at radius 3 is 2.60 bits per heavy atom. The van der Waals surface area contributed by atoms with Crippen molar-refractivity contribution in [3.05, 3.63) is 41.6 Å². The van der Waals surface area contributed by atoms with Crippen molar-refractivity contribution in [1.82, 2.24) is 15.0 Å². The zero-order valence-corrected chi connectivity index (χ0v) is 9.59. The van der Waals surface area contributed by atoms with Crippen LogP contribution in [0.25, 0.3) is 0 Å². The fraction of sp³-hybridized carbons (Fsp3) is 0.100. The summed E-state index contributed by atoms with van der Waals surface area (Å²) in [7, 11) is 0. The molecule has 2 aromatic rings. The molecule has 2 heterocycles. The fourth-order valence-electron chi connectivity index (χ4n) is 1.08. The van der Waals surface area contributed by atoms with Gasteiger partial charge in [0.15, 0.2) is 0 Å². The molecule has 3 nitrogen and oxygen atoms in total. The number of aryl methyl sites for hydroxylation is 1. The highest BCUT2D eigenvalue weighted by Crippen LogP contribution is 2.26. The van der Waals surface area contributed by atoms with Crippen LogP contribution in [0.4, 0.5) is 0 Å². The van der Waals surface area contributed by atoms with Crippen molar-refractivity contribution in [2.45, 2.75) is 16.8 Å². The highest BCUT2D eigenvalue weighted by Gasteiger charge is 2.01. The van der Waals surface area contributed by atoms with E-state index >= 15 is 0 Å². The molecule has 0 unspecified atom stereocenters. The zero-order chi connectivity index (χ0) is 10.7. The van der Waals surface area contributed by atoms with Crippen molar-refractivity contribution >= 4 is 23.4 Å². The molecular formula is C10H8ClN3S. The van der Waals surface area contributed by atoms with Crippen molar-refractivity contribution < 1.29 is 0 Å². The Kier molecular flexibility index (Phi) is 3.18. The number of hydrogen-bond donors (Lipinski definition) is 0. The van der Waals surface area contributed by atoms with Crippen LogP contribution in [-0.4, -0.2) is 15.0 Å². The van der Waals surface area contributed by atoms with Gasteiger partial charge in [-0.25, -0.2) is 9.97 Å². The van der Waals surface area contributed by atoms with Crippen LogP contribution in [0.1, 0.15) is 5.69 Å². The first-order valence-electron chi connectivity index (χ1n) is 4.33. The van der Waals surface area contributed by atoms with Gasteiger partial charge < -0.3 is 0 Å². The summed E-state index contributed by atoms with van der Waals surface area (Å²) in [6, 6.07) is 5.75. The molecule has 0 saturated carbocycles. The summed E-state index contributed by atoms with van der Waals surface area (Å²) in [6.07, 6.45) is 3.50. The van der Waals surface area contributed by atoms with E-state index in [9.17, 15) is 0 Å². The van der Waals surface area contributed by atoms with Crippen LogP contribution in [0.2, 0.25) is 5.28 Å². The molecule has 0 fully saturated rings. The summed E-state index contributed by atoms with van der Waals surface area (Å²) in [5.74, 6) is 0. The van der Waals surface area contributed by atoms with Crippen molar-refractivity contribution in [3.63, 3.8) is 0 Å². The van der Waals surface area contributed by atoms with Gasteiger partial charge >= 0.3 is 0 Å². The highest BCUT2D eigenvalue weighted by atomic mass is 35.5. The standard InChI is InChI=1S/C10H8ClN3S/c1-7-6-9(14-10(11)13-7)15-8-2-4-12-5-3-8/h2-6H,1H3. The molecule has 0 aliphatic rings. The van der Waals surface area contributed by atoms with Crippen molar-refractivity contribution in [2.75, 3.05) is 0 Å². The van der Waals surface area contributed by atoms with E-state index in [1.165, 1.54) is 0 Å². The Hall–Kier alpha value is -1.13. The van der Waals surface area contributed by atoms with Crippen molar-refractivity contribution in [2.24, 2.45) is 0 Å².